The molecule has 0 aliphatic carbocycles. The van der Waals surface area contributed by atoms with E-state index in [9.17, 15) is 4.79 Å². The summed E-state index contributed by atoms with van der Waals surface area (Å²) in [6.45, 7) is 3.68. The molecule has 0 bridgehead atoms. The predicted octanol–water partition coefficient (Wildman–Crippen LogP) is 3.27. The maximum atomic E-state index is 12.3. The Bertz CT molecular complexity index is 851. The summed E-state index contributed by atoms with van der Waals surface area (Å²) in [5, 5.41) is 7.32. The molecule has 0 fully saturated rings. The van der Waals surface area contributed by atoms with E-state index in [0.29, 0.717) is 11.3 Å². The fourth-order valence-electron chi connectivity index (χ4n) is 2.49. The molecule has 2 aromatic heterocycles. The highest BCUT2D eigenvalue weighted by atomic mass is 16.5. The van der Waals surface area contributed by atoms with Crippen LogP contribution in [0.5, 0.6) is 5.75 Å². The normalized spacial score (nSPS) is 12.0. The van der Waals surface area contributed by atoms with Crippen LogP contribution in [-0.4, -0.2) is 22.8 Å². The summed E-state index contributed by atoms with van der Waals surface area (Å²) < 4.78 is 12.3. The quantitative estimate of drug-likeness (QED) is 0.781. The zero-order valence-electron chi connectivity index (χ0n) is 13.8. The molecule has 3 rings (SSSR count). The minimum absolute atomic E-state index is 0.168. The number of hydrogen-bond donors (Lipinski definition) is 1. The minimum Gasteiger partial charge on any atom is -0.494 e. The average Bonchev–Trinajstić information content (AvgIpc) is 3.23. The van der Waals surface area contributed by atoms with Crippen molar-refractivity contribution in [1.82, 2.24) is 15.1 Å². The molecule has 0 saturated heterocycles. The first-order valence-electron chi connectivity index (χ1n) is 7.63. The molecule has 124 valence electrons. The molecule has 0 spiro atoms. The lowest BCUT2D eigenvalue weighted by Crippen LogP contribution is -2.26. The van der Waals surface area contributed by atoms with Gasteiger partial charge in [0.15, 0.2) is 0 Å². The molecule has 0 radical (unpaired) electrons. The number of carbonyl (C=O) groups excluding carboxylic acids is 1. The van der Waals surface area contributed by atoms with Gasteiger partial charge in [0.2, 0.25) is 0 Å². The molecule has 6 heteroatoms. The molecule has 1 aromatic carbocycles. The molecule has 1 amide bonds. The number of nitrogens with zero attached hydrogens (tertiary/aromatic N) is 2. The van der Waals surface area contributed by atoms with E-state index in [-0.39, 0.29) is 11.9 Å². The van der Waals surface area contributed by atoms with Gasteiger partial charge in [-0.15, -0.1) is 0 Å². The van der Waals surface area contributed by atoms with Crippen LogP contribution in [0.15, 0.2) is 53.4 Å². The second-order valence-corrected chi connectivity index (χ2v) is 5.48. The molecular formula is C18H19N3O3. The lowest BCUT2D eigenvalue weighted by Gasteiger charge is -2.12. The van der Waals surface area contributed by atoms with Gasteiger partial charge in [0.25, 0.3) is 5.91 Å². The number of amides is 1. The Hall–Kier alpha value is -3.02. The molecule has 0 saturated carbocycles. The van der Waals surface area contributed by atoms with Crippen LogP contribution in [0.25, 0.3) is 5.69 Å². The standard InChI is InChI=1S/C18H19N3O3/c1-12(20-18(22)15-8-9-24-13(15)2)14-10-19-21(11-14)16-6-4-5-7-17(16)23-3/h4-12H,1-3H3,(H,20,22)/t12-/m1/s1. The van der Waals surface area contributed by atoms with Crippen molar-refractivity contribution in [1.29, 1.82) is 0 Å². The zero-order chi connectivity index (χ0) is 17.1. The largest absolute Gasteiger partial charge is 0.494 e. The van der Waals surface area contributed by atoms with Crippen LogP contribution < -0.4 is 10.1 Å². The van der Waals surface area contributed by atoms with Gasteiger partial charge in [-0.1, -0.05) is 12.1 Å². The Morgan fingerprint density at radius 2 is 2.12 bits per heavy atom. The molecule has 2 heterocycles. The fourth-order valence-corrected chi connectivity index (χ4v) is 2.49. The Morgan fingerprint density at radius 3 is 2.83 bits per heavy atom. The topological polar surface area (TPSA) is 69.3 Å². The molecule has 24 heavy (non-hydrogen) atoms. The van der Waals surface area contributed by atoms with Gasteiger partial charge < -0.3 is 14.5 Å². The molecule has 3 aromatic rings. The van der Waals surface area contributed by atoms with Crippen LogP contribution in [0.1, 0.15) is 34.6 Å². The summed E-state index contributed by atoms with van der Waals surface area (Å²) in [7, 11) is 1.62. The number of para-hydroxylation sites is 2. The van der Waals surface area contributed by atoms with Crippen LogP contribution in [-0.2, 0) is 0 Å². The van der Waals surface area contributed by atoms with E-state index in [2.05, 4.69) is 10.4 Å². The Balaban J connectivity index is 1.78. The van der Waals surface area contributed by atoms with E-state index in [1.165, 1.54) is 6.26 Å². The summed E-state index contributed by atoms with van der Waals surface area (Å²) in [4.78, 5) is 12.3. The van der Waals surface area contributed by atoms with Gasteiger partial charge in [0.1, 0.15) is 17.2 Å². The van der Waals surface area contributed by atoms with Crippen LogP contribution in [0, 0.1) is 6.92 Å². The number of nitrogens with one attached hydrogen (secondary N) is 1. The van der Waals surface area contributed by atoms with E-state index < -0.39 is 0 Å². The second-order valence-electron chi connectivity index (χ2n) is 5.48. The van der Waals surface area contributed by atoms with Crippen molar-refractivity contribution in [3.05, 3.63) is 65.9 Å². The maximum Gasteiger partial charge on any atom is 0.255 e. The maximum absolute atomic E-state index is 12.3. The first-order chi connectivity index (χ1) is 11.6. The summed E-state index contributed by atoms with van der Waals surface area (Å²) in [6, 6.07) is 9.11. The fraction of sp³-hybridized carbons (Fsp3) is 0.222. The number of rotatable bonds is 5. The number of aromatic nitrogens is 2. The van der Waals surface area contributed by atoms with E-state index >= 15 is 0 Å². The number of ether oxygens (including phenoxy) is 1. The zero-order valence-corrected chi connectivity index (χ0v) is 13.8. The van der Waals surface area contributed by atoms with Crippen molar-refractivity contribution < 1.29 is 13.9 Å². The van der Waals surface area contributed by atoms with Crippen LogP contribution in [0.2, 0.25) is 0 Å². The van der Waals surface area contributed by atoms with Gasteiger partial charge in [0.05, 0.1) is 31.2 Å². The van der Waals surface area contributed by atoms with E-state index in [1.807, 2.05) is 37.4 Å². The van der Waals surface area contributed by atoms with Crippen molar-refractivity contribution >= 4 is 5.91 Å². The summed E-state index contributed by atoms with van der Waals surface area (Å²) in [5.41, 5.74) is 2.28. The SMILES string of the molecule is COc1ccccc1-n1cc([C@@H](C)NC(=O)c2ccoc2C)cn1. The van der Waals surface area contributed by atoms with Crippen molar-refractivity contribution in [3.8, 4) is 11.4 Å². The van der Waals surface area contributed by atoms with Gasteiger partial charge in [-0.05, 0) is 32.0 Å². The van der Waals surface area contributed by atoms with Crippen LogP contribution in [0.3, 0.4) is 0 Å². The second kappa shape index (κ2) is 6.62. The minimum atomic E-state index is -0.185. The van der Waals surface area contributed by atoms with Crippen LogP contribution in [0.4, 0.5) is 0 Å². The lowest BCUT2D eigenvalue weighted by molar-refractivity contribution is 0.0938. The van der Waals surface area contributed by atoms with Crippen molar-refractivity contribution in [3.63, 3.8) is 0 Å². The summed E-state index contributed by atoms with van der Waals surface area (Å²) in [5.74, 6) is 1.17. The van der Waals surface area contributed by atoms with E-state index in [0.717, 1.165) is 17.0 Å². The Morgan fingerprint density at radius 1 is 1.33 bits per heavy atom. The third kappa shape index (κ3) is 3.03. The highest BCUT2D eigenvalue weighted by Gasteiger charge is 2.17. The van der Waals surface area contributed by atoms with Crippen LogP contribution >= 0.6 is 0 Å². The van der Waals surface area contributed by atoms with Crippen molar-refractivity contribution in [2.45, 2.75) is 19.9 Å². The highest BCUT2D eigenvalue weighted by molar-refractivity contribution is 5.95. The first kappa shape index (κ1) is 15.9. The number of benzene rings is 1. The third-order valence-corrected chi connectivity index (χ3v) is 3.89. The average molecular weight is 325 g/mol. The lowest BCUT2D eigenvalue weighted by atomic mass is 10.1. The number of methoxy groups -OCH3 is 1. The third-order valence-electron chi connectivity index (χ3n) is 3.89. The molecule has 6 nitrogen and oxygen atoms in total. The Kier molecular flexibility index (Phi) is 4.37. The molecule has 0 unspecified atom stereocenters. The van der Waals surface area contributed by atoms with Crippen molar-refractivity contribution in [2.75, 3.05) is 7.11 Å². The van der Waals surface area contributed by atoms with Gasteiger partial charge in [-0.2, -0.15) is 5.10 Å². The number of aryl methyl sites for hydroxylation is 1. The Labute approximate surface area is 140 Å². The molecule has 0 aliphatic rings. The summed E-state index contributed by atoms with van der Waals surface area (Å²) in [6.07, 6.45) is 5.12. The first-order valence-corrected chi connectivity index (χ1v) is 7.63. The van der Waals surface area contributed by atoms with E-state index in [4.69, 9.17) is 9.15 Å². The van der Waals surface area contributed by atoms with Crippen molar-refractivity contribution in [2.24, 2.45) is 0 Å². The smallest absolute Gasteiger partial charge is 0.255 e. The molecule has 1 N–H and O–H groups in total. The number of hydrogen-bond acceptors (Lipinski definition) is 4. The molecule has 1 atom stereocenters. The van der Waals surface area contributed by atoms with Gasteiger partial charge >= 0.3 is 0 Å². The number of furan rings is 1. The number of carbonyl (C=O) groups is 1. The highest BCUT2D eigenvalue weighted by Crippen LogP contribution is 2.23. The monoisotopic (exact) mass is 325 g/mol. The van der Waals surface area contributed by atoms with E-state index in [1.54, 1.807) is 31.0 Å². The van der Waals surface area contributed by atoms with Gasteiger partial charge in [0, 0.05) is 11.8 Å². The van der Waals surface area contributed by atoms with Gasteiger partial charge in [-0.3, -0.25) is 4.79 Å². The van der Waals surface area contributed by atoms with Gasteiger partial charge in [-0.25, -0.2) is 4.68 Å². The molecule has 0 aliphatic heterocycles. The molecular weight excluding hydrogens is 306 g/mol. The predicted molar refractivity (Wildman–Crippen MR) is 89.4 cm³/mol. The summed E-state index contributed by atoms with van der Waals surface area (Å²) >= 11 is 0.